The van der Waals surface area contributed by atoms with Crippen LogP contribution in [0.1, 0.15) is 121 Å². The van der Waals surface area contributed by atoms with Crippen molar-refractivity contribution < 1.29 is 37.1 Å². The van der Waals surface area contributed by atoms with Crippen LogP contribution in [0.25, 0.3) is 72.7 Å². The van der Waals surface area contributed by atoms with Gasteiger partial charge < -0.3 is 5.11 Å². The van der Waals surface area contributed by atoms with Gasteiger partial charge in [0.15, 0.2) is 0 Å². The third kappa shape index (κ3) is 9.11. The number of hydrogen-bond donors (Lipinski definition) is 1. The molecule has 324 valence electrons. The van der Waals surface area contributed by atoms with Gasteiger partial charge in [-0.05, 0) is 92.7 Å². The largest absolute Gasteiger partial charge is 0.507 e. The summed E-state index contributed by atoms with van der Waals surface area (Å²) >= 11 is 0. The fraction of sp³-hybridized carbons (Fsp3) is 0.276. The van der Waals surface area contributed by atoms with E-state index in [0.717, 1.165) is 55.7 Å². The first-order valence-corrected chi connectivity index (χ1v) is 21.2. The molecule has 5 heteroatoms. The summed E-state index contributed by atoms with van der Waals surface area (Å²) in [6.07, 6.45) is 1.54. The van der Waals surface area contributed by atoms with Crippen LogP contribution in [0.2, 0.25) is 0 Å². The molecule has 0 bridgehead atoms. The van der Waals surface area contributed by atoms with E-state index < -0.39 is 47.9 Å². The normalized spacial score (nSPS) is 14.4. The summed E-state index contributed by atoms with van der Waals surface area (Å²) in [4.78, 5) is 10.3. The zero-order valence-electron chi connectivity index (χ0n) is 46.0. The van der Waals surface area contributed by atoms with Crippen LogP contribution >= 0.6 is 0 Å². The first-order chi connectivity index (χ1) is 32.5. The summed E-state index contributed by atoms with van der Waals surface area (Å²) in [5, 5.41) is 12.5. The number of phenols is 1. The summed E-state index contributed by atoms with van der Waals surface area (Å²) in [7, 11) is 0. The molecule has 63 heavy (non-hydrogen) atoms. The molecular weight excluding hydrogens is 950 g/mol. The van der Waals surface area contributed by atoms with Crippen molar-refractivity contribution in [3.05, 3.63) is 167 Å². The van der Waals surface area contributed by atoms with E-state index in [4.69, 9.17) is 19.6 Å². The molecule has 0 aliphatic carbocycles. The van der Waals surface area contributed by atoms with Gasteiger partial charge in [0.2, 0.25) is 0 Å². The number of benzene rings is 6. The predicted octanol–water partition coefficient (Wildman–Crippen LogP) is 15.6. The van der Waals surface area contributed by atoms with Crippen LogP contribution in [0.15, 0.2) is 133 Å². The molecule has 0 radical (unpaired) electrons. The molecule has 0 unspecified atom stereocenters. The van der Waals surface area contributed by atoms with Gasteiger partial charge in [0.05, 0.1) is 22.1 Å². The van der Waals surface area contributed by atoms with Gasteiger partial charge in [-0.2, -0.15) is 0 Å². The molecular formula is C58H60N3OPt-. The maximum atomic E-state index is 12.5. The van der Waals surface area contributed by atoms with Crippen molar-refractivity contribution >= 4 is 11.0 Å². The molecule has 0 aliphatic heterocycles. The van der Waals surface area contributed by atoms with E-state index in [1.165, 1.54) is 0 Å². The van der Waals surface area contributed by atoms with Crippen molar-refractivity contribution in [3.63, 3.8) is 0 Å². The minimum atomic E-state index is -2.83. The SMILES string of the molecule is [2H]c1c([2H])c(C([2H])([2H])[2H])c([2H])c([2H])c1-c1ccnc(-c2[c-]c(-c3cccc4c3nc(-c3cc(C(C)(C)C)cc(C(C)(C)C)c3O)n4-c3ccc(-c4ccccc4)c(C([2H])(C)C)c3)cc(C(C)(C)C)c2)c1.[Pt]. The van der Waals surface area contributed by atoms with Crippen molar-refractivity contribution in [3.8, 4) is 67.5 Å². The molecule has 0 spiro atoms. The summed E-state index contributed by atoms with van der Waals surface area (Å²) in [5.74, 6) is -0.312. The van der Waals surface area contributed by atoms with E-state index in [1.807, 2.05) is 62.4 Å². The van der Waals surface area contributed by atoms with E-state index in [2.05, 4.69) is 115 Å². The van der Waals surface area contributed by atoms with E-state index in [9.17, 15) is 6.48 Å². The van der Waals surface area contributed by atoms with Crippen LogP contribution in [0.4, 0.5) is 0 Å². The van der Waals surface area contributed by atoms with Gasteiger partial charge in [0.1, 0.15) is 11.6 Å². The topological polar surface area (TPSA) is 50.9 Å². The molecule has 0 fully saturated rings. The Morgan fingerprint density at radius 1 is 0.667 bits per heavy atom. The standard InChI is InChI=1S/C58H60N3O.Pt/c1-36(2)48-35-45(25-26-46(48)39-17-14-13-15-18-39)61-52-20-16-19-47(53(52)60-55(61)49-33-44(57(7,8)9)34-50(54(49)62)58(10,11)12)41-29-42(31-43(30-41)56(4,5)6)51-32-40(27-28-59-51)38-23-21-37(3)22-24-38;/h13-28,30-36,62H,1-12H3;/q-1;/i3D3,21D,22D,23D,24D,36D;. The van der Waals surface area contributed by atoms with Crippen LogP contribution < -0.4 is 0 Å². The first kappa shape index (κ1) is 35.8. The van der Waals surface area contributed by atoms with Crippen molar-refractivity contribution in [2.24, 2.45) is 0 Å². The van der Waals surface area contributed by atoms with Crippen LogP contribution in [-0.4, -0.2) is 19.6 Å². The molecule has 6 aromatic carbocycles. The van der Waals surface area contributed by atoms with Crippen LogP contribution in [0, 0.1) is 12.9 Å². The van der Waals surface area contributed by atoms with Gasteiger partial charge >= 0.3 is 0 Å². The van der Waals surface area contributed by atoms with Crippen LogP contribution in [0.3, 0.4) is 0 Å². The minimum Gasteiger partial charge on any atom is -0.507 e. The molecule has 0 saturated heterocycles. The molecule has 0 aliphatic rings. The fourth-order valence-corrected chi connectivity index (χ4v) is 8.00. The summed E-state index contributed by atoms with van der Waals surface area (Å²) in [6, 6.07) is 35.4. The Balaban J connectivity index is 0.00000741. The number of aromatic nitrogens is 3. The zero-order chi connectivity index (χ0) is 51.2. The third-order valence-electron chi connectivity index (χ3n) is 11.6. The van der Waals surface area contributed by atoms with Crippen molar-refractivity contribution in [1.82, 2.24) is 14.5 Å². The Labute approximate surface area is 401 Å². The zero-order valence-corrected chi connectivity index (χ0v) is 40.3. The molecule has 4 nitrogen and oxygen atoms in total. The van der Waals surface area contributed by atoms with Crippen LogP contribution in [0.5, 0.6) is 5.75 Å². The number of aromatic hydroxyl groups is 1. The average molecular weight is 1020 g/mol. The Morgan fingerprint density at radius 2 is 1.35 bits per heavy atom. The number of rotatable bonds is 7. The molecule has 0 atom stereocenters. The minimum absolute atomic E-state index is 0. The number of nitrogens with zero attached hydrogens (tertiary/aromatic N) is 3. The quantitative estimate of drug-likeness (QED) is 0.162. The van der Waals surface area contributed by atoms with Gasteiger partial charge in [0.25, 0.3) is 0 Å². The number of imidazole rings is 1. The average Bonchev–Trinajstić information content (AvgIpc) is 3.66. The summed E-state index contributed by atoms with van der Waals surface area (Å²) in [6.45, 7) is 20.1. The number of fused-ring (bicyclic) bond motifs is 1. The predicted molar refractivity (Wildman–Crippen MR) is 261 cm³/mol. The second-order valence-corrected chi connectivity index (χ2v) is 19.6. The Hall–Kier alpha value is -5.57. The summed E-state index contributed by atoms with van der Waals surface area (Å²) in [5.41, 5.74) is 9.60. The number of phenolic OH excluding ortho intramolecular Hbond substituents is 1. The molecule has 0 amide bonds. The third-order valence-corrected chi connectivity index (χ3v) is 11.6. The molecule has 8 rings (SSSR count). The van der Waals surface area contributed by atoms with E-state index >= 15 is 0 Å². The van der Waals surface area contributed by atoms with E-state index in [1.54, 1.807) is 18.3 Å². The molecule has 0 saturated carbocycles. The van der Waals surface area contributed by atoms with Gasteiger partial charge in [0, 0.05) is 49.7 Å². The van der Waals surface area contributed by atoms with Gasteiger partial charge in [-0.3, -0.25) is 9.55 Å². The fourth-order valence-electron chi connectivity index (χ4n) is 8.00. The maximum absolute atomic E-state index is 12.5. The second-order valence-electron chi connectivity index (χ2n) is 19.6. The van der Waals surface area contributed by atoms with Crippen molar-refractivity contribution in [1.29, 1.82) is 0 Å². The molecule has 8 aromatic rings. The van der Waals surface area contributed by atoms with Crippen LogP contribution in [-0.2, 0) is 37.3 Å². The van der Waals surface area contributed by atoms with Crippen molar-refractivity contribution in [2.45, 2.75) is 105 Å². The molecule has 2 heterocycles. The number of hydrogen-bond acceptors (Lipinski definition) is 3. The Bertz CT molecular complexity index is 3320. The number of pyridine rings is 1. The van der Waals surface area contributed by atoms with E-state index in [0.29, 0.717) is 33.7 Å². The molecule has 2 aromatic heterocycles. The summed E-state index contributed by atoms with van der Waals surface area (Å²) < 4.78 is 70.0. The number of para-hydroxylation sites is 1. The first-order valence-electron chi connectivity index (χ1n) is 25.2. The maximum Gasteiger partial charge on any atom is 0.148 e. The van der Waals surface area contributed by atoms with Gasteiger partial charge in [-0.15, -0.1) is 29.3 Å². The molecule has 1 N–H and O–H groups in total. The smallest absolute Gasteiger partial charge is 0.148 e. The van der Waals surface area contributed by atoms with Crippen molar-refractivity contribution in [2.75, 3.05) is 0 Å². The monoisotopic (exact) mass is 1020 g/mol. The Kier molecular flexibility index (Phi) is 9.78. The van der Waals surface area contributed by atoms with Gasteiger partial charge in [-0.25, -0.2) is 4.98 Å². The van der Waals surface area contributed by atoms with E-state index in [-0.39, 0.29) is 43.2 Å². The second kappa shape index (κ2) is 17.2. The Morgan fingerprint density at radius 3 is 2.00 bits per heavy atom. The van der Waals surface area contributed by atoms with Gasteiger partial charge in [-0.1, -0.05) is 178 Å².